The Balaban J connectivity index is -0.000000143. The van der Waals surface area contributed by atoms with E-state index >= 15 is 0 Å². The third-order valence-corrected chi connectivity index (χ3v) is 4.74. The number of hydrogen-bond donors (Lipinski definition) is 8. The molecule has 2 atom stereocenters. The molecule has 12 heteroatoms. The Labute approximate surface area is 208 Å². The fraction of sp³-hybridized carbons (Fsp3) is 0.826. The van der Waals surface area contributed by atoms with Gasteiger partial charge >= 0.3 is 23.9 Å². The van der Waals surface area contributed by atoms with E-state index in [9.17, 15) is 19.2 Å². The van der Waals surface area contributed by atoms with Crippen molar-refractivity contribution >= 4 is 23.9 Å². The van der Waals surface area contributed by atoms with Gasteiger partial charge in [-0.05, 0) is 25.7 Å². The summed E-state index contributed by atoms with van der Waals surface area (Å²) in [5.41, 5.74) is 0. The van der Waals surface area contributed by atoms with E-state index in [0.717, 1.165) is 44.9 Å². The van der Waals surface area contributed by atoms with Crippen LogP contribution in [0.15, 0.2) is 0 Å². The lowest BCUT2D eigenvalue weighted by atomic mass is 9.84. The average Bonchev–Trinajstić information content (AvgIpc) is 2.75. The van der Waals surface area contributed by atoms with Crippen LogP contribution in [0.5, 0.6) is 0 Å². The fourth-order valence-electron chi connectivity index (χ4n) is 2.92. The molecule has 2 unspecified atom stereocenters. The molecule has 0 aliphatic rings. The first-order valence-corrected chi connectivity index (χ1v) is 11.7. The molecular weight excluding hydrogens is 464 g/mol. The highest BCUT2D eigenvalue weighted by Crippen LogP contribution is 2.24. The highest BCUT2D eigenvalue weighted by molar-refractivity contribution is 5.79. The average molecular weight is 515 g/mol. The van der Waals surface area contributed by atoms with Crippen LogP contribution in [-0.2, 0) is 19.2 Å². The van der Waals surface area contributed by atoms with Gasteiger partial charge in [-0.2, -0.15) is 0 Å². The summed E-state index contributed by atoms with van der Waals surface area (Å²) in [5, 5.41) is 50.0. The Morgan fingerprint density at radius 3 is 1.03 bits per heavy atom. The summed E-state index contributed by atoms with van der Waals surface area (Å²) in [6.45, 7) is 3.70. The second-order valence-corrected chi connectivity index (χ2v) is 7.68. The van der Waals surface area contributed by atoms with Crippen LogP contribution in [0.3, 0.4) is 0 Å². The van der Waals surface area contributed by atoms with Gasteiger partial charge < -0.3 is 42.9 Å². The van der Waals surface area contributed by atoms with E-state index in [2.05, 4.69) is 0 Å². The van der Waals surface area contributed by atoms with Crippen LogP contribution in [0.1, 0.15) is 97.3 Å². The zero-order valence-corrected chi connectivity index (χ0v) is 21.5. The van der Waals surface area contributed by atoms with Crippen LogP contribution in [0.25, 0.3) is 0 Å². The molecule has 0 spiro atoms. The highest BCUT2D eigenvalue weighted by atomic mass is 16.4. The van der Waals surface area contributed by atoms with E-state index in [1.165, 1.54) is 0 Å². The van der Waals surface area contributed by atoms with Gasteiger partial charge in [0, 0.05) is 12.8 Å². The molecule has 0 heterocycles. The van der Waals surface area contributed by atoms with Crippen LogP contribution in [0.2, 0.25) is 0 Å². The van der Waals surface area contributed by atoms with Crippen LogP contribution < -0.4 is 12.3 Å². The first-order valence-electron chi connectivity index (χ1n) is 11.7. The second kappa shape index (κ2) is 31.7. The zero-order chi connectivity index (χ0) is 26.1. The van der Waals surface area contributed by atoms with Crippen LogP contribution in [-0.4, -0.2) is 67.7 Å². The van der Waals surface area contributed by atoms with E-state index in [-0.39, 0.29) is 38.4 Å². The maximum atomic E-state index is 11.1. The summed E-state index contributed by atoms with van der Waals surface area (Å²) in [5.74, 6) is -4.93. The summed E-state index contributed by atoms with van der Waals surface area (Å²) < 4.78 is 0. The van der Waals surface area contributed by atoms with Crippen LogP contribution in [0.4, 0.5) is 0 Å². The Bertz CT molecular complexity index is 475. The number of aliphatic carboxylic acids is 4. The normalized spacial score (nSPS) is 11.1. The Morgan fingerprint density at radius 1 is 0.543 bits per heavy atom. The molecular formula is C23H50N2O10. The minimum atomic E-state index is -0.975. The number of hydrogen-bond acceptors (Lipinski definition) is 8. The smallest absolute Gasteiger partial charge is 0.307 e. The number of aliphatic hydroxyl groups excluding tert-OH is 2. The monoisotopic (exact) mass is 514 g/mol. The molecule has 0 aromatic rings. The molecule has 12 nitrogen and oxygen atoms in total. The van der Waals surface area contributed by atoms with Gasteiger partial charge in [-0.3, -0.25) is 19.2 Å². The van der Waals surface area contributed by atoms with Crippen molar-refractivity contribution in [2.24, 2.45) is 11.8 Å². The molecule has 0 saturated carbocycles. The lowest BCUT2D eigenvalue weighted by Gasteiger charge is -2.19. The van der Waals surface area contributed by atoms with Crippen molar-refractivity contribution in [2.75, 3.05) is 13.2 Å². The largest absolute Gasteiger partial charge is 0.481 e. The lowest BCUT2D eigenvalue weighted by molar-refractivity contribution is -0.154. The number of rotatable bonds is 18. The molecule has 0 aliphatic heterocycles. The van der Waals surface area contributed by atoms with Gasteiger partial charge in [-0.15, -0.1) is 0 Å². The summed E-state index contributed by atoms with van der Waals surface area (Å²) in [6.07, 6.45) is 8.79. The maximum absolute atomic E-state index is 11.1. The van der Waals surface area contributed by atoms with E-state index in [0.29, 0.717) is 25.7 Å². The van der Waals surface area contributed by atoms with Gasteiger partial charge in [0.1, 0.15) is 0 Å². The quantitative estimate of drug-likeness (QED) is 0.121. The van der Waals surface area contributed by atoms with E-state index in [4.69, 9.17) is 30.6 Å². The molecule has 35 heavy (non-hydrogen) atoms. The Hall–Kier alpha value is -2.28. The first-order chi connectivity index (χ1) is 15.6. The molecule has 0 amide bonds. The highest BCUT2D eigenvalue weighted by Gasteiger charge is 2.32. The summed E-state index contributed by atoms with van der Waals surface area (Å²) >= 11 is 0. The molecule has 0 bridgehead atoms. The topological polar surface area (TPSA) is 260 Å². The summed E-state index contributed by atoms with van der Waals surface area (Å²) in [4.78, 5) is 42.3. The van der Waals surface area contributed by atoms with Crippen molar-refractivity contribution < 1.29 is 49.8 Å². The molecule has 0 aromatic carbocycles. The van der Waals surface area contributed by atoms with E-state index in [1.807, 2.05) is 13.8 Å². The first kappa shape index (κ1) is 42.8. The predicted octanol–water partition coefficient (Wildman–Crippen LogP) is 3.95. The predicted molar refractivity (Wildman–Crippen MR) is 133 cm³/mol. The van der Waals surface area contributed by atoms with Crippen molar-refractivity contribution in [1.29, 1.82) is 0 Å². The number of aliphatic hydroxyl groups is 2. The standard InChI is InChI=1S/C12H22O4.C9H16O4.C2H6O2.2H3N/c1-3-5-7-9(11(13)14)10(12(15)16)8-6-4-2;10-8(11)6-4-2-1-3-5-7-9(12)13;3-1-2-4;;/h9-10H,3-8H2,1-2H3,(H,13,14)(H,15,16);1-7H2,(H,10,11)(H,12,13);3-4H,1-2H2;2*1H3. The third-order valence-electron chi connectivity index (χ3n) is 4.74. The SMILES string of the molecule is CCCCC(C(=O)O)C(CCCC)C(=O)O.N.N.O=C(O)CCCCCCCC(=O)O.OCCO. The molecule has 0 fully saturated rings. The summed E-state index contributed by atoms with van der Waals surface area (Å²) in [6, 6.07) is 0. The lowest BCUT2D eigenvalue weighted by Crippen LogP contribution is -2.29. The third kappa shape index (κ3) is 34.0. The van der Waals surface area contributed by atoms with Crippen molar-refractivity contribution in [2.45, 2.75) is 97.3 Å². The second-order valence-electron chi connectivity index (χ2n) is 7.68. The van der Waals surface area contributed by atoms with Gasteiger partial charge in [0.15, 0.2) is 0 Å². The molecule has 0 radical (unpaired) electrons. The number of unbranched alkanes of at least 4 members (excludes halogenated alkanes) is 6. The zero-order valence-electron chi connectivity index (χ0n) is 21.5. The van der Waals surface area contributed by atoms with Crippen molar-refractivity contribution in [3.8, 4) is 0 Å². The summed E-state index contributed by atoms with van der Waals surface area (Å²) in [7, 11) is 0. The van der Waals surface area contributed by atoms with Gasteiger partial charge in [0.2, 0.25) is 0 Å². The number of carboxylic acids is 4. The van der Waals surface area contributed by atoms with Gasteiger partial charge in [-0.25, -0.2) is 0 Å². The van der Waals surface area contributed by atoms with Gasteiger partial charge in [-0.1, -0.05) is 58.8 Å². The molecule has 0 rings (SSSR count). The van der Waals surface area contributed by atoms with Crippen molar-refractivity contribution in [3.63, 3.8) is 0 Å². The minimum absolute atomic E-state index is 0. The van der Waals surface area contributed by atoms with Crippen LogP contribution >= 0.6 is 0 Å². The van der Waals surface area contributed by atoms with Gasteiger partial charge in [0.05, 0.1) is 25.0 Å². The number of carboxylic acid groups (broad SMARTS) is 4. The fourth-order valence-corrected chi connectivity index (χ4v) is 2.92. The molecule has 212 valence electrons. The van der Waals surface area contributed by atoms with Gasteiger partial charge in [0.25, 0.3) is 0 Å². The molecule has 0 saturated heterocycles. The van der Waals surface area contributed by atoms with Crippen molar-refractivity contribution in [3.05, 3.63) is 0 Å². The van der Waals surface area contributed by atoms with E-state index < -0.39 is 35.7 Å². The molecule has 0 aromatic heterocycles. The minimum Gasteiger partial charge on any atom is -0.481 e. The Kier molecular flexibility index (Phi) is 38.8. The molecule has 12 N–H and O–H groups in total. The number of carbonyl (C=O) groups is 4. The van der Waals surface area contributed by atoms with Crippen molar-refractivity contribution in [1.82, 2.24) is 12.3 Å². The maximum Gasteiger partial charge on any atom is 0.307 e. The van der Waals surface area contributed by atoms with Crippen LogP contribution in [0, 0.1) is 11.8 Å². The molecule has 0 aliphatic carbocycles. The van der Waals surface area contributed by atoms with E-state index in [1.54, 1.807) is 0 Å². The Morgan fingerprint density at radius 2 is 0.829 bits per heavy atom.